The number of hydrogen-bond donors (Lipinski definition) is 4. The van der Waals surface area contributed by atoms with Crippen molar-refractivity contribution in [2.75, 3.05) is 0 Å². The number of nitrogens with one attached hydrogen (secondary N) is 3. The molecule has 1 rings (SSSR count). The molecule has 0 spiro atoms. The third-order valence-corrected chi connectivity index (χ3v) is 0.713. The molecule has 3 N–H and O–H groups in total. The van der Waals surface area contributed by atoms with Gasteiger partial charge in [-0.05, 0) is 0 Å². The smallest absolute Gasteiger partial charge is 0.0982 e. The van der Waals surface area contributed by atoms with Crippen molar-refractivity contribution < 1.29 is 0 Å². The van der Waals surface area contributed by atoms with Crippen molar-refractivity contribution in [3.63, 3.8) is 0 Å². The summed E-state index contributed by atoms with van der Waals surface area (Å²) >= 11 is 3.92. The topological polar surface area (TPSA) is 36.1 Å². The molecule has 1 aliphatic rings. The average Bonchev–Trinajstić information content (AvgIpc) is 1.86. The van der Waals surface area contributed by atoms with Crippen LogP contribution in [0.5, 0.6) is 0 Å². The predicted molar refractivity (Wildman–Crippen MR) is 26.5 cm³/mol. The Morgan fingerprint density at radius 3 is 2.67 bits per heavy atom. The number of hydrogen-bond acceptors (Lipinski definition) is 4. The highest BCUT2D eigenvalue weighted by atomic mass is 32.1. The molecule has 0 amide bonds. The molecule has 0 saturated heterocycles. The fourth-order valence-electron chi connectivity index (χ4n) is 0.241. The molecule has 0 aromatic carbocycles. The van der Waals surface area contributed by atoms with Crippen LogP contribution >= 0.6 is 12.6 Å². The zero-order valence-corrected chi connectivity index (χ0v) is 3.92. The Labute approximate surface area is 41.2 Å². The van der Waals surface area contributed by atoms with Gasteiger partial charge in [0.2, 0.25) is 0 Å². The maximum Gasteiger partial charge on any atom is 0.0982 e. The van der Waals surface area contributed by atoms with Gasteiger partial charge in [0.15, 0.2) is 0 Å². The van der Waals surface area contributed by atoms with Crippen LogP contribution < -0.4 is 16.4 Å². The predicted octanol–water partition coefficient (Wildman–Crippen LogP) is -0.673. The minimum Gasteiger partial charge on any atom is -0.309 e. The van der Waals surface area contributed by atoms with Crippen LogP contribution in [-0.4, -0.2) is 0 Å². The average molecular weight is 103 g/mol. The highest BCUT2D eigenvalue weighted by Crippen LogP contribution is 1.90. The number of hydrazine groups is 2. The van der Waals surface area contributed by atoms with E-state index in [1.807, 2.05) is 0 Å². The van der Waals surface area contributed by atoms with Crippen molar-refractivity contribution in [1.82, 2.24) is 16.4 Å². The van der Waals surface area contributed by atoms with Gasteiger partial charge in [-0.2, -0.15) is 5.53 Å². The van der Waals surface area contributed by atoms with Crippen molar-refractivity contribution >= 4 is 12.6 Å². The van der Waals surface area contributed by atoms with Gasteiger partial charge in [0, 0.05) is 6.20 Å². The molecular formula is C2H5N3S. The summed E-state index contributed by atoms with van der Waals surface area (Å²) in [6, 6.07) is 0. The van der Waals surface area contributed by atoms with Crippen LogP contribution in [0.25, 0.3) is 0 Å². The lowest BCUT2D eigenvalue weighted by atomic mass is 11.0. The summed E-state index contributed by atoms with van der Waals surface area (Å²) in [5.41, 5.74) is 7.96. The second-order valence-electron chi connectivity index (χ2n) is 0.924. The lowest BCUT2D eigenvalue weighted by Crippen LogP contribution is -2.30. The Hall–Kier alpha value is -0.350. The van der Waals surface area contributed by atoms with Crippen molar-refractivity contribution in [3.05, 3.63) is 11.2 Å². The molecular weight excluding hydrogens is 98.1 g/mol. The molecule has 0 fully saturated rings. The van der Waals surface area contributed by atoms with Crippen LogP contribution in [0.4, 0.5) is 0 Å². The summed E-state index contributed by atoms with van der Waals surface area (Å²) in [7, 11) is 0. The van der Waals surface area contributed by atoms with Gasteiger partial charge in [0.05, 0.1) is 5.03 Å². The van der Waals surface area contributed by atoms with Gasteiger partial charge in [0.1, 0.15) is 0 Å². The van der Waals surface area contributed by atoms with E-state index in [-0.39, 0.29) is 0 Å². The molecule has 0 aromatic heterocycles. The maximum atomic E-state index is 3.92. The first-order valence-electron chi connectivity index (χ1n) is 1.55. The largest absolute Gasteiger partial charge is 0.309 e. The normalized spacial score (nSPS) is 18.5. The van der Waals surface area contributed by atoms with Crippen LogP contribution in [0.2, 0.25) is 0 Å². The standard InChI is InChI=1S/C2H5N3S/c6-2-1-3-5-4-2/h1,3-6H. The van der Waals surface area contributed by atoms with Gasteiger partial charge < -0.3 is 5.43 Å². The summed E-state index contributed by atoms with van der Waals surface area (Å²) < 4.78 is 0. The third kappa shape index (κ3) is 0.580. The van der Waals surface area contributed by atoms with Crippen LogP contribution in [0.15, 0.2) is 11.2 Å². The molecule has 1 heterocycles. The van der Waals surface area contributed by atoms with Crippen LogP contribution in [0.1, 0.15) is 0 Å². The van der Waals surface area contributed by atoms with Gasteiger partial charge in [-0.15, -0.1) is 12.6 Å². The summed E-state index contributed by atoms with van der Waals surface area (Å²) in [5.74, 6) is 0. The monoisotopic (exact) mass is 103 g/mol. The molecule has 0 aromatic rings. The summed E-state index contributed by atoms with van der Waals surface area (Å²) in [4.78, 5) is 0. The van der Waals surface area contributed by atoms with E-state index in [9.17, 15) is 0 Å². The van der Waals surface area contributed by atoms with Crippen molar-refractivity contribution in [3.8, 4) is 0 Å². The highest BCUT2D eigenvalue weighted by molar-refractivity contribution is 7.84. The zero-order chi connectivity index (χ0) is 4.41. The molecule has 3 nitrogen and oxygen atoms in total. The van der Waals surface area contributed by atoms with E-state index in [2.05, 4.69) is 29.0 Å². The first-order chi connectivity index (χ1) is 2.89. The van der Waals surface area contributed by atoms with E-state index in [0.29, 0.717) is 0 Å². The molecule has 34 valence electrons. The molecule has 0 bridgehead atoms. The molecule has 0 atom stereocenters. The Morgan fingerprint density at radius 2 is 2.50 bits per heavy atom. The van der Waals surface area contributed by atoms with E-state index in [1.54, 1.807) is 6.20 Å². The van der Waals surface area contributed by atoms with E-state index < -0.39 is 0 Å². The van der Waals surface area contributed by atoms with E-state index in [1.165, 1.54) is 0 Å². The number of thiol groups is 1. The second-order valence-corrected chi connectivity index (χ2v) is 1.41. The van der Waals surface area contributed by atoms with Crippen LogP contribution in [0.3, 0.4) is 0 Å². The fourth-order valence-corrected chi connectivity index (χ4v) is 0.361. The van der Waals surface area contributed by atoms with Crippen molar-refractivity contribution in [2.45, 2.75) is 0 Å². The summed E-state index contributed by atoms with van der Waals surface area (Å²) in [6.45, 7) is 0. The van der Waals surface area contributed by atoms with Gasteiger partial charge >= 0.3 is 0 Å². The van der Waals surface area contributed by atoms with E-state index >= 15 is 0 Å². The molecule has 0 unspecified atom stereocenters. The van der Waals surface area contributed by atoms with E-state index in [4.69, 9.17) is 0 Å². The van der Waals surface area contributed by atoms with Crippen LogP contribution in [-0.2, 0) is 0 Å². The minimum absolute atomic E-state index is 0.801. The van der Waals surface area contributed by atoms with E-state index in [0.717, 1.165) is 5.03 Å². The first kappa shape index (κ1) is 3.83. The quantitative estimate of drug-likeness (QED) is 0.307. The molecule has 0 aliphatic carbocycles. The SMILES string of the molecule is SC1=CNNN1. The molecule has 0 radical (unpaired) electrons. The van der Waals surface area contributed by atoms with Gasteiger partial charge in [-0.1, -0.05) is 0 Å². The Morgan fingerprint density at radius 1 is 1.67 bits per heavy atom. The van der Waals surface area contributed by atoms with Gasteiger partial charge in [-0.3, -0.25) is 5.43 Å². The molecule has 1 aliphatic heterocycles. The molecule has 0 saturated carbocycles. The Kier molecular flexibility index (Phi) is 0.894. The Bertz CT molecular complexity index is 78.9. The lowest BCUT2D eigenvalue weighted by Gasteiger charge is -1.90. The first-order valence-corrected chi connectivity index (χ1v) is 2.00. The van der Waals surface area contributed by atoms with Gasteiger partial charge in [-0.25, -0.2) is 0 Å². The molecule has 4 heteroatoms. The zero-order valence-electron chi connectivity index (χ0n) is 3.02. The van der Waals surface area contributed by atoms with Crippen molar-refractivity contribution in [2.24, 2.45) is 0 Å². The van der Waals surface area contributed by atoms with Gasteiger partial charge in [0.25, 0.3) is 0 Å². The second kappa shape index (κ2) is 1.40. The highest BCUT2D eigenvalue weighted by Gasteiger charge is 1.89. The summed E-state index contributed by atoms with van der Waals surface area (Å²) in [5, 5.41) is 0.801. The van der Waals surface area contributed by atoms with Crippen LogP contribution in [0, 0.1) is 0 Å². The number of rotatable bonds is 0. The maximum absolute atomic E-state index is 3.92. The van der Waals surface area contributed by atoms with Crippen molar-refractivity contribution in [1.29, 1.82) is 0 Å². The molecule has 6 heavy (non-hydrogen) atoms. The lowest BCUT2D eigenvalue weighted by molar-refractivity contribution is 0.611. The summed E-state index contributed by atoms with van der Waals surface area (Å²) in [6.07, 6.45) is 1.71. The fraction of sp³-hybridized carbons (Fsp3) is 0. The Balaban J connectivity index is 2.45. The third-order valence-electron chi connectivity index (χ3n) is 0.472. The minimum atomic E-state index is 0.801.